The monoisotopic (exact) mass is 412 g/mol. The van der Waals surface area contributed by atoms with Crippen LogP contribution in [0.15, 0.2) is 58.5 Å². The zero-order valence-electron chi connectivity index (χ0n) is 15.6. The molecule has 1 fully saturated rings. The summed E-state index contributed by atoms with van der Waals surface area (Å²) in [6.45, 7) is 1.04. The molecule has 0 unspecified atom stereocenters. The summed E-state index contributed by atoms with van der Waals surface area (Å²) in [5.41, 5.74) is 3.45. The van der Waals surface area contributed by atoms with Crippen LogP contribution in [0, 0.1) is 11.3 Å². The number of nitriles is 1. The summed E-state index contributed by atoms with van der Waals surface area (Å²) in [6, 6.07) is 14.6. The topological polar surface area (TPSA) is 112 Å². The Morgan fingerprint density at radius 3 is 2.41 bits per heavy atom. The first-order chi connectivity index (χ1) is 14.0. The first-order valence-electron chi connectivity index (χ1n) is 9.04. The van der Waals surface area contributed by atoms with Gasteiger partial charge in [-0.15, -0.1) is 0 Å². The van der Waals surface area contributed by atoms with E-state index in [-0.39, 0.29) is 11.5 Å². The average molecular weight is 412 g/mol. The van der Waals surface area contributed by atoms with Crippen molar-refractivity contribution in [2.45, 2.75) is 17.7 Å². The summed E-state index contributed by atoms with van der Waals surface area (Å²) < 4.78 is 31.6. The summed E-state index contributed by atoms with van der Waals surface area (Å²) in [5, 5.41) is 12.4. The standard InChI is InChI=1S/C20H20N4O4S/c21-11-14-28-18-7-3-16(4-8-18)15-22-23-20(25)17-5-9-19(10-6-17)29(26,27)24-12-1-2-13-24/h3-10,15H,1-2,12-14H2,(H,23,25)/b22-15-. The molecule has 150 valence electrons. The van der Waals surface area contributed by atoms with Gasteiger partial charge in [-0.05, 0) is 66.9 Å². The zero-order chi connectivity index (χ0) is 20.7. The summed E-state index contributed by atoms with van der Waals surface area (Å²) in [4.78, 5) is 12.4. The van der Waals surface area contributed by atoms with Gasteiger partial charge in [-0.25, -0.2) is 13.8 Å². The molecule has 1 amide bonds. The van der Waals surface area contributed by atoms with Gasteiger partial charge in [-0.3, -0.25) is 4.79 Å². The molecule has 3 rings (SSSR count). The Kier molecular flexibility index (Phi) is 6.59. The number of carbonyl (C=O) groups is 1. The van der Waals surface area contributed by atoms with Gasteiger partial charge in [0.1, 0.15) is 11.8 Å². The molecule has 2 aromatic rings. The highest BCUT2D eigenvalue weighted by Gasteiger charge is 2.27. The first-order valence-corrected chi connectivity index (χ1v) is 10.5. The lowest BCUT2D eigenvalue weighted by atomic mass is 10.2. The van der Waals surface area contributed by atoms with Crippen LogP contribution in [0.4, 0.5) is 0 Å². The highest BCUT2D eigenvalue weighted by Crippen LogP contribution is 2.21. The predicted octanol–water partition coefficient (Wildman–Crippen LogP) is 2.14. The molecule has 0 saturated carbocycles. The highest BCUT2D eigenvalue weighted by atomic mass is 32.2. The first kappa shape index (κ1) is 20.5. The Labute approximate surface area is 169 Å². The Hall–Kier alpha value is -3.22. The fraction of sp³-hybridized carbons (Fsp3) is 0.250. The number of nitrogens with zero attached hydrogens (tertiary/aromatic N) is 3. The van der Waals surface area contributed by atoms with Crippen LogP contribution in [0.1, 0.15) is 28.8 Å². The van der Waals surface area contributed by atoms with Crippen LogP contribution in [-0.4, -0.2) is 44.5 Å². The number of amides is 1. The molecular weight excluding hydrogens is 392 g/mol. The van der Waals surface area contributed by atoms with Crippen LogP contribution in [0.2, 0.25) is 0 Å². The van der Waals surface area contributed by atoms with Crippen molar-refractivity contribution in [2.75, 3.05) is 19.7 Å². The third-order valence-electron chi connectivity index (χ3n) is 4.38. The van der Waals surface area contributed by atoms with Crippen molar-refractivity contribution < 1.29 is 17.9 Å². The van der Waals surface area contributed by atoms with E-state index in [0.29, 0.717) is 24.4 Å². The van der Waals surface area contributed by atoms with Crippen LogP contribution in [0.5, 0.6) is 5.75 Å². The van der Waals surface area contributed by atoms with Gasteiger partial charge >= 0.3 is 0 Å². The van der Waals surface area contributed by atoms with Gasteiger partial charge in [-0.1, -0.05) is 0 Å². The van der Waals surface area contributed by atoms with E-state index in [4.69, 9.17) is 10.00 Å². The molecule has 1 heterocycles. The van der Waals surface area contributed by atoms with E-state index in [2.05, 4.69) is 10.5 Å². The third kappa shape index (κ3) is 5.19. The minimum absolute atomic E-state index is 0.0262. The number of ether oxygens (including phenoxy) is 1. The van der Waals surface area contributed by atoms with Crippen molar-refractivity contribution in [1.29, 1.82) is 5.26 Å². The number of hydrogen-bond donors (Lipinski definition) is 1. The minimum atomic E-state index is -3.50. The number of hydrogen-bond acceptors (Lipinski definition) is 6. The van der Waals surface area contributed by atoms with E-state index in [1.54, 1.807) is 24.3 Å². The number of nitrogens with one attached hydrogen (secondary N) is 1. The van der Waals surface area contributed by atoms with Crippen LogP contribution in [-0.2, 0) is 10.0 Å². The Morgan fingerprint density at radius 1 is 1.14 bits per heavy atom. The second-order valence-corrected chi connectivity index (χ2v) is 8.29. The smallest absolute Gasteiger partial charge is 0.271 e. The number of carbonyl (C=O) groups excluding carboxylic acids is 1. The molecule has 1 aliphatic rings. The van der Waals surface area contributed by atoms with E-state index in [9.17, 15) is 13.2 Å². The molecule has 0 bridgehead atoms. The molecule has 29 heavy (non-hydrogen) atoms. The van der Waals surface area contributed by atoms with Crippen molar-refractivity contribution in [3.8, 4) is 11.8 Å². The van der Waals surface area contributed by atoms with E-state index in [1.807, 2.05) is 6.07 Å². The normalized spacial score (nSPS) is 14.6. The fourth-order valence-corrected chi connectivity index (χ4v) is 4.37. The number of rotatable bonds is 7. The number of benzene rings is 2. The number of hydrazone groups is 1. The van der Waals surface area contributed by atoms with Crippen molar-refractivity contribution in [3.05, 3.63) is 59.7 Å². The summed E-state index contributed by atoms with van der Waals surface area (Å²) >= 11 is 0. The third-order valence-corrected chi connectivity index (χ3v) is 6.30. The van der Waals surface area contributed by atoms with Crippen LogP contribution >= 0.6 is 0 Å². The summed E-state index contributed by atoms with van der Waals surface area (Å²) in [5.74, 6) is 0.122. The van der Waals surface area contributed by atoms with Crippen LogP contribution in [0.25, 0.3) is 0 Å². The molecule has 8 nitrogen and oxygen atoms in total. The van der Waals surface area contributed by atoms with Crippen molar-refractivity contribution in [1.82, 2.24) is 9.73 Å². The molecule has 0 radical (unpaired) electrons. The zero-order valence-corrected chi connectivity index (χ0v) is 16.4. The average Bonchev–Trinajstić information content (AvgIpc) is 3.29. The second kappa shape index (κ2) is 9.32. The fourth-order valence-electron chi connectivity index (χ4n) is 2.85. The van der Waals surface area contributed by atoms with Gasteiger partial charge in [0.15, 0.2) is 6.61 Å². The van der Waals surface area contributed by atoms with Gasteiger partial charge < -0.3 is 4.74 Å². The second-order valence-electron chi connectivity index (χ2n) is 6.35. The van der Waals surface area contributed by atoms with E-state index in [1.165, 1.54) is 34.8 Å². The predicted molar refractivity (Wildman–Crippen MR) is 107 cm³/mol. The lowest BCUT2D eigenvalue weighted by Crippen LogP contribution is -2.28. The lowest BCUT2D eigenvalue weighted by molar-refractivity contribution is 0.0955. The lowest BCUT2D eigenvalue weighted by Gasteiger charge is -2.15. The molecule has 0 atom stereocenters. The molecule has 9 heteroatoms. The van der Waals surface area contributed by atoms with Gasteiger partial charge in [0.25, 0.3) is 5.91 Å². The van der Waals surface area contributed by atoms with Gasteiger partial charge in [0.05, 0.1) is 11.1 Å². The molecular formula is C20H20N4O4S. The quantitative estimate of drug-likeness (QED) is 0.553. The van der Waals surface area contributed by atoms with Crippen LogP contribution < -0.4 is 10.2 Å². The molecule has 1 N–H and O–H groups in total. The molecule has 1 saturated heterocycles. The molecule has 0 aromatic heterocycles. The van der Waals surface area contributed by atoms with Crippen molar-refractivity contribution in [2.24, 2.45) is 5.10 Å². The van der Waals surface area contributed by atoms with E-state index in [0.717, 1.165) is 18.4 Å². The Bertz CT molecular complexity index is 1020. The molecule has 0 spiro atoms. The highest BCUT2D eigenvalue weighted by molar-refractivity contribution is 7.89. The van der Waals surface area contributed by atoms with Gasteiger partial charge in [0.2, 0.25) is 10.0 Å². The SMILES string of the molecule is N#CCOc1ccc(/C=N\NC(=O)c2ccc(S(=O)(=O)N3CCCC3)cc2)cc1. The maximum absolute atomic E-state index is 12.5. The van der Waals surface area contributed by atoms with Crippen molar-refractivity contribution in [3.63, 3.8) is 0 Å². The number of sulfonamides is 1. The maximum Gasteiger partial charge on any atom is 0.271 e. The van der Waals surface area contributed by atoms with E-state index >= 15 is 0 Å². The summed E-state index contributed by atoms with van der Waals surface area (Å²) in [6.07, 6.45) is 3.21. The van der Waals surface area contributed by atoms with E-state index < -0.39 is 15.9 Å². The van der Waals surface area contributed by atoms with Crippen molar-refractivity contribution >= 4 is 22.1 Å². The summed E-state index contributed by atoms with van der Waals surface area (Å²) in [7, 11) is -3.50. The molecule has 2 aromatic carbocycles. The van der Waals surface area contributed by atoms with Gasteiger partial charge in [-0.2, -0.15) is 14.7 Å². The maximum atomic E-state index is 12.5. The Balaban J connectivity index is 1.58. The largest absolute Gasteiger partial charge is 0.479 e. The minimum Gasteiger partial charge on any atom is -0.479 e. The van der Waals surface area contributed by atoms with Crippen LogP contribution in [0.3, 0.4) is 0 Å². The molecule has 1 aliphatic heterocycles. The van der Waals surface area contributed by atoms with Gasteiger partial charge in [0, 0.05) is 18.7 Å². The Morgan fingerprint density at radius 2 is 1.79 bits per heavy atom. The molecule has 0 aliphatic carbocycles.